The van der Waals surface area contributed by atoms with Gasteiger partial charge in [0, 0.05) is 12.6 Å². The molecule has 1 heterocycles. The van der Waals surface area contributed by atoms with Crippen LogP contribution in [0.2, 0.25) is 5.15 Å². The summed E-state index contributed by atoms with van der Waals surface area (Å²) in [7, 11) is 0. The molecule has 0 aliphatic rings. The lowest BCUT2D eigenvalue weighted by Crippen LogP contribution is -2.32. The lowest BCUT2D eigenvalue weighted by Gasteiger charge is -2.12. The van der Waals surface area contributed by atoms with Crippen LogP contribution >= 0.6 is 11.6 Å². The summed E-state index contributed by atoms with van der Waals surface area (Å²) in [5, 5.41) is 20.7. The molecule has 2 rings (SSSR count). The van der Waals surface area contributed by atoms with Gasteiger partial charge in [-0.2, -0.15) is 0 Å². The van der Waals surface area contributed by atoms with E-state index >= 15 is 0 Å². The van der Waals surface area contributed by atoms with Crippen molar-refractivity contribution in [2.45, 2.75) is 12.5 Å². The number of benzene rings is 1. The lowest BCUT2D eigenvalue weighted by molar-refractivity contribution is 0.103. The monoisotopic (exact) mass is 337 g/mol. The topological polar surface area (TPSA) is 76.5 Å². The highest BCUT2D eigenvalue weighted by atomic mass is 35.5. The summed E-state index contributed by atoms with van der Waals surface area (Å²) in [6.45, 7) is 1.96. The molecule has 0 aliphatic carbocycles. The van der Waals surface area contributed by atoms with Crippen molar-refractivity contribution in [2.24, 2.45) is 0 Å². The van der Waals surface area contributed by atoms with Crippen molar-refractivity contribution in [1.82, 2.24) is 15.5 Å². The molecule has 0 saturated heterocycles. The van der Waals surface area contributed by atoms with Crippen molar-refractivity contribution in [1.29, 1.82) is 0 Å². The van der Waals surface area contributed by atoms with Gasteiger partial charge in [-0.1, -0.05) is 29.8 Å². The van der Waals surface area contributed by atoms with Crippen LogP contribution in [0.5, 0.6) is 11.6 Å². The van der Waals surface area contributed by atoms with Gasteiger partial charge in [0.2, 0.25) is 5.88 Å². The van der Waals surface area contributed by atoms with Crippen LogP contribution in [0.4, 0.5) is 0 Å². The Morgan fingerprint density at radius 3 is 2.65 bits per heavy atom. The number of aliphatic hydroxyl groups excluding tert-OH is 1. The van der Waals surface area contributed by atoms with E-state index in [1.807, 2.05) is 30.3 Å². The maximum atomic E-state index is 9.81. The Morgan fingerprint density at radius 2 is 1.91 bits per heavy atom. The fourth-order valence-electron chi connectivity index (χ4n) is 1.79. The average molecular weight is 338 g/mol. The van der Waals surface area contributed by atoms with E-state index in [0.29, 0.717) is 24.2 Å². The quantitative estimate of drug-likeness (QED) is 0.645. The standard InChI is InChI=1S/C16H20ClN3O3/c17-15-7-8-16(20-19-15)23-12-13(21)11-18-9-4-10-22-14-5-2-1-3-6-14/h1-3,5-8,13,18,21H,4,9-12H2. The number of para-hydroxylation sites is 1. The van der Waals surface area contributed by atoms with E-state index in [9.17, 15) is 5.11 Å². The smallest absolute Gasteiger partial charge is 0.233 e. The maximum Gasteiger partial charge on any atom is 0.233 e. The van der Waals surface area contributed by atoms with E-state index in [2.05, 4.69) is 15.5 Å². The predicted molar refractivity (Wildman–Crippen MR) is 88.0 cm³/mol. The molecule has 1 aromatic heterocycles. The first-order valence-electron chi connectivity index (χ1n) is 7.42. The molecule has 7 heteroatoms. The Balaban J connectivity index is 1.49. The number of nitrogens with zero attached hydrogens (tertiary/aromatic N) is 2. The summed E-state index contributed by atoms with van der Waals surface area (Å²) in [5.74, 6) is 1.20. The minimum atomic E-state index is -0.623. The molecule has 0 fully saturated rings. The van der Waals surface area contributed by atoms with Gasteiger partial charge in [0.25, 0.3) is 0 Å². The van der Waals surface area contributed by atoms with Crippen LogP contribution in [0.1, 0.15) is 6.42 Å². The van der Waals surface area contributed by atoms with Crippen LogP contribution in [-0.4, -0.2) is 47.7 Å². The number of nitrogens with one attached hydrogen (secondary N) is 1. The number of aliphatic hydroxyl groups is 1. The fourth-order valence-corrected chi connectivity index (χ4v) is 1.89. The number of hydrogen-bond donors (Lipinski definition) is 2. The number of rotatable bonds is 10. The largest absolute Gasteiger partial charge is 0.494 e. The van der Waals surface area contributed by atoms with Crippen LogP contribution in [0.3, 0.4) is 0 Å². The van der Waals surface area contributed by atoms with Crippen molar-refractivity contribution in [3.05, 3.63) is 47.6 Å². The fraction of sp³-hybridized carbons (Fsp3) is 0.375. The van der Waals surface area contributed by atoms with E-state index < -0.39 is 6.10 Å². The molecule has 0 saturated carbocycles. The Kier molecular flexibility index (Phi) is 7.59. The van der Waals surface area contributed by atoms with E-state index in [1.165, 1.54) is 0 Å². The summed E-state index contributed by atoms with van der Waals surface area (Å²) in [4.78, 5) is 0. The van der Waals surface area contributed by atoms with E-state index in [0.717, 1.165) is 18.7 Å². The number of ether oxygens (including phenoxy) is 2. The normalized spacial score (nSPS) is 11.9. The minimum Gasteiger partial charge on any atom is -0.494 e. The number of aromatic nitrogens is 2. The Morgan fingerprint density at radius 1 is 1.09 bits per heavy atom. The second kappa shape index (κ2) is 9.99. The van der Waals surface area contributed by atoms with Crippen molar-refractivity contribution < 1.29 is 14.6 Å². The summed E-state index contributed by atoms with van der Waals surface area (Å²) in [6, 6.07) is 12.9. The first-order chi connectivity index (χ1) is 11.2. The first-order valence-corrected chi connectivity index (χ1v) is 7.80. The molecule has 1 atom stereocenters. The third-order valence-corrected chi connectivity index (χ3v) is 3.12. The molecule has 1 unspecified atom stereocenters. The number of halogens is 1. The van der Waals surface area contributed by atoms with Gasteiger partial charge >= 0.3 is 0 Å². The molecular formula is C16H20ClN3O3. The van der Waals surface area contributed by atoms with Crippen molar-refractivity contribution in [3.8, 4) is 11.6 Å². The van der Waals surface area contributed by atoms with E-state index in [1.54, 1.807) is 12.1 Å². The molecular weight excluding hydrogens is 318 g/mol. The van der Waals surface area contributed by atoms with Crippen LogP contribution in [0.15, 0.2) is 42.5 Å². The van der Waals surface area contributed by atoms with Gasteiger partial charge in [-0.3, -0.25) is 0 Å². The molecule has 2 aromatic rings. The third-order valence-electron chi connectivity index (χ3n) is 2.92. The Labute approximate surface area is 140 Å². The van der Waals surface area contributed by atoms with Crippen LogP contribution in [0, 0.1) is 0 Å². The van der Waals surface area contributed by atoms with Gasteiger partial charge in [0.05, 0.1) is 6.61 Å². The molecule has 0 bridgehead atoms. The van der Waals surface area contributed by atoms with E-state index in [-0.39, 0.29) is 6.61 Å². The van der Waals surface area contributed by atoms with E-state index in [4.69, 9.17) is 21.1 Å². The zero-order valence-electron chi connectivity index (χ0n) is 12.7. The second-order valence-electron chi connectivity index (χ2n) is 4.88. The van der Waals surface area contributed by atoms with Gasteiger partial charge in [-0.05, 0) is 31.2 Å². The highest BCUT2D eigenvalue weighted by Crippen LogP contribution is 2.09. The minimum absolute atomic E-state index is 0.143. The van der Waals surface area contributed by atoms with Crippen molar-refractivity contribution in [2.75, 3.05) is 26.3 Å². The predicted octanol–water partition coefficient (Wildman–Crippen LogP) is 1.93. The molecule has 0 aliphatic heterocycles. The number of hydrogen-bond acceptors (Lipinski definition) is 6. The SMILES string of the molecule is OC(CNCCCOc1ccccc1)COc1ccc(Cl)nn1. The molecule has 6 nitrogen and oxygen atoms in total. The molecule has 2 N–H and O–H groups in total. The second-order valence-corrected chi connectivity index (χ2v) is 5.27. The summed E-state index contributed by atoms with van der Waals surface area (Å²) >= 11 is 5.62. The van der Waals surface area contributed by atoms with Gasteiger partial charge < -0.3 is 19.9 Å². The van der Waals surface area contributed by atoms with Crippen molar-refractivity contribution in [3.63, 3.8) is 0 Å². The van der Waals surface area contributed by atoms with Gasteiger partial charge in [-0.15, -0.1) is 10.2 Å². The van der Waals surface area contributed by atoms with Gasteiger partial charge in [0.1, 0.15) is 18.5 Å². The molecule has 124 valence electrons. The van der Waals surface area contributed by atoms with Gasteiger partial charge in [-0.25, -0.2) is 0 Å². The molecule has 23 heavy (non-hydrogen) atoms. The highest BCUT2D eigenvalue weighted by molar-refractivity contribution is 6.29. The molecule has 0 radical (unpaired) electrons. The van der Waals surface area contributed by atoms with Crippen molar-refractivity contribution >= 4 is 11.6 Å². The van der Waals surface area contributed by atoms with Crippen LogP contribution in [0.25, 0.3) is 0 Å². The Bertz CT molecular complexity index is 554. The molecule has 0 spiro atoms. The highest BCUT2D eigenvalue weighted by Gasteiger charge is 2.05. The molecule has 1 aromatic carbocycles. The zero-order valence-corrected chi connectivity index (χ0v) is 13.4. The Hall–Kier alpha value is -1.89. The van der Waals surface area contributed by atoms with Crippen LogP contribution in [-0.2, 0) is 0 Å². The first kappa shape index (κ1) is 17.5. The lowest BCUT2D eigenvalue weighted by atomic mass is 10.3. The zero-order chi connectivity index (χ0) is 16.3. The van der Waals surface area contributed by atoms with Gasteiger partial charge in [0.15, 0.2) is 5.15 Å². The summed E-state index contributed by atoms with van der Waals surface area (Å²) in [5.41, 5.74) is 0. The summed E-state index contributed by atoms with van der Waals surface area (Å²) in [6.07, 6.45) is 0.230. The summed E-state index contributed by atoms with van der Waals surface area (Å²) < 4.78 is 10.9. The molecule has 0 amide bonds. The van der Waals surface area contributed by atoms with Crippen LogP contribution < -0.4 is 14.8 Å². The maximum absolute atomic E-state index is 9.81. The average Bonchev–Trinajstić information content (AvgIpc) is 2.58. The third kappa shape index (κ3) is 7.27.